The molecule has 2 heteroatoms. The Morgan fingerprint density at radius 3 is 2.65 bits per heavy atom. The molecule has 106 valence electrons. The van der Waals surface area contributed by atoms with Crippen molar-refractivity contribution in [2.75, 3.05) is 6.54 Å². The van der Waals surface area contributed by atoms with Crippen LogP contribution in [0.1, 0.15) is 50.8 Å². The molecule has 0 bridgehead atoms. The van der Waals surface area contributed by atoms with Gasteiger partial charge in [-0.3, -0.25) is 0 Å². The predicted molar refractivity (Wildman–Crippen MR) is 82.6 cm³/mol. The van der Waals surface area contributed by atoms with Crippen LogP contribution in [0.5, 0.6) is 0 Å². The van der Waals surface area contributed by atoms with Crippen LogP contribution < -0.4 is 5.32 Å². The molecule has 1 aliphatic carbocycles. The lowest BCUT2D eigenvalue weighted by molar-refractivity contribution is 0.428. The first-order valence-electron chi connectivity index (χ1n) is 7.49. The molecule has 1 atom stereocenters. The third-order valence-electron chi connectivity index (χ3n) is 4.43. The summed E-state index contributed by atoms with van der Waals surface area (Å²) in [7, 11) is 0. The van der Waals surface area contributed by atoms with Crippen molar-refractivity contribution < 1.29 is 4.39 Å². The zero-order valence-electron chi connectivity index (χ0n) is 12.5. The molecule has 2 aromatic carbocycles. The van der Waals surface area contributed by atoms with Crippen LogP contribution in [0.2, 0.25) is 0 Å². The van der Waals surface area contributed by atoms with E-state index in [4.69, 9.17) is 0 Å². The lowest BCUT2D eigenvalue weighted by Crippen LogP contribution is -2.22. The van der Waals surface area contributed by atoms with Crippen LogP contribution >= 0.6 is 0 Å². The average molecular weight is 271 g/mol. The Morgan fingerprint density at radius 1 is 1.25 bits per heavy atom. The summed E-state index contributed by atoms with van der Waals surface area (Å²) in [4.78, 5) is 0. The molecule has 1 aliphatic rings. The fraction of sp³-hybridized carbons (Fsp3) is 0.444. The number of rotatable bonds is 3. The number of hydrogen-bond acceptors (Lipinski definition) is 1. The number of fused-ring (bicyclic) bond motifs is 3. The summed E-state index contributed by atoms with van der Waals surface area (Å²) in [6.07, 6.45) is 2.14. The van der Waals surface area contributed by atoms with E-state index in [1.165, 1.54) is 5.56 Å². The zero-order chi connectivity index (χ0) is 14.3. The van der Waals surface area contributed by atoms with Crippen molar-refractivity contribution in [3.05, 3.63) is 47.3 Å². The van der Waals surface area contributed by atoms with Crippen LogP contribution in [0, 0.1) is 5.82 Å². The molecule has 0 saturated carbocycles. The molecule has 0 fully saturated rings. The molecule has 0 radical (unpaired) electrons. The lowest BCUT2D eigenvalue weighted by atomic mass is 9.83. The molecule has 3 rings (SSSR count). The van der Waals surface area contributed by atoms with Gasteiger partial charge in [-0.25, -0.2) is 4.39 Å². The molecule has 1 N–H and O–H groups in total. The molecule has 0 heterocycles. The van der Waals surface area contributed by atoms with Crippen LogP contribution in [0.25, 0.3) is 10.8 Å². The van der Waals surface area contributed by atoms with Gasteiger partial charge < -0.3 is 5.32 Å². The Bertz CT molecular complexity index is 645. The van der Waals surface area contributed by atoms with E-state index in [0.717, 1.165) is 35.7 Å². The maximum Gasteiger partial charge on any atom is 0.131 e. The van der Waals surface area contributed by atoms with Crippen molar-refractivity contribution in [2.45, 2.75) is 45.1 Å². The van der Waals surface area contributed by atoms with E-state index in [9.17, 15) is 4.39 Å². The van der Waals surface area contributed by atoms with Gasteiger partial charge in [-0.2, -0.15) is 0 Å². The summed E-state index contributed by atoms with van der Waals surface area (Å²) in [5.41, 5.74) is 2.57. The molecule has 20 heavy (non-hydrogen) atoms. The van der Waals surface area contributed by atoms with E-state index >= 15 is 0 Å². The minimum Gasteiger partial charge on any atom is -0.310 e. The number of benzene rings is 2. The van der Waals surface area contributed by atoms with Crippen molar-refractivity contribution in [2.24, 2.45) is 0 Å². The number of hydrogen-bond donors (Lipinski definition) is 1. The number of nitrogens with one attached hydrogen (secondary N) is 1. The second-order valence-electron chi connectivity index (χ2n) is 6.46. The van der Waals surface area contributed by atoms with Crippen molar-refractivity contribution in [1.29, 1.82) is 0 Å². The van der Waals surface area contributed by atoms with Gasteiger partial charge in [0, 0.05) is 11.4 Å². The van der Waals surface area contributed by atoms with Crippen molar-refractivity contribution in [1.82, 2.24) is 5.32 Å². The van der Waals surface area contributed by atoms with Gasteiger partial charge in [0.15, 0.2) is 0 Å². The van der Waals surface area contributed by atoms with Crippen LogP contribution in [-0.4, -0.2) is 6.54 Å². The molecule has 0 amide bonds. The van der Waals surface area contributed by atoms with E-state index in [1.807, 2.05) is 18.2 Å². The van der Waals surface area contributed by atoms with Crippen LogP contribution in [0.15, 0.2) is 30.3 Å². The van der Waals surface area contributed by atoms with E-state index < -0.39 is 0 Å². The van der Waals surface area contributed by atoms with E-state index in [1.54, 1.807) is 6.07 Å². The molecular weight excluding hydrogens is 249 g/mol. The molecule has 2 aromatic rings. The topological polar surface area (TPSA) is 12.0 Å². The van der Waals surface area contributed by atoms with Gasteiger partial charge in [0.05, 0.1) is 0 Å². The summed E-state index contributed by atoms with van der Waals surface area (Å²) in [6, 6.07) is 9.88. The first kappa shape index (κ1) is 13.6. The van der Waals surface area contributed by atoms with Crippen molar-refractivity contribution >= 4 is 10.8 Å². The lowest BCUT2D eigenvalue weighted by Gasteiger charge is -2.21. The monoisotopic (exact) mass is 271 g/mol. The highest BCUT2D eigenvalue weighted by atomic mass is 19.1. The minimum absolute atomic E-state index is 0.0913. The van der Waals surface area contributed by atoms with Crippen LogP contribution in [0.4, 0.5) is 4.39 Å². The molecule has 0 aliphatic heterocycles. The summed E-state index contributed by atoms with van der Waals surface area (Å²) in [5.74, 6) is -0.0969. The van der Waals surface area contributed by atoms with Gasteiger partial charge >= 0.3 is 0 Å². The molecule has 1 unspecified atom stereocenters. The van der Waals surface area contributed by atoms with Crippen molar-refractivity contribution in [3.63, 3.8) is 0 Å². The smallest absolute Gasteiger partial charge is 0.131 e. The standard InChI is InChI=1S/C18H22FN/c1-4-9-20-16-11-18(2,3)17-13-8-6-5-7-12(13)15(19)10-14(16)17/h5-8,10,16,20H,4,9,11H2,1-3H3. The second kappa shape index (κ2) is 4.85. The Morgan fingerprint density at radius 2 is 1.95 bits per heavy atom. The highest BCUT2D eigenvalue weighted by molar-refractivity contribution is 5.89. The Labute approximate surface area is 120 Å². The van der Waals surface area contributed by atoms with Gasteiger partial charge in [-0.1, -0.05) is 45.0 Å². The maximum absolute atomic E-state index is 14.4. The first-order chi connectivity index (χ1) is 9.54. The first-order valence-corrected chi connectivity index (χ1v) is 7.49. The normalized spacial score (nSPS) is 20.3. The van der Waals surface area contributed by atoms with Crippen LogP contribution in [0.3, 0.4) is 0 Å². The van der Waals surface area contributed by atoms with Crippen LogP contribution in [-0.2, 0) is 5.41 Å². The number of halogens is 1. The summed E-state index contributed by atoms with van der Waals surface area (Å²) >= 11 is 0. The van der Waals surface area contributed by atoms with Gasteiger partial charge in [0.2, 0.25) is 0 Å². The second-order valence-corrected chi connectivity index (χ2v) is 6.46. The predicted octanol–water partition coefficient (Wildman–Crippen LogP) is 4.70. The van der Waals surface area contributed by atoms with E-state index in [-0.39, 0.29) is 17.3 Å². The fourth-order valence-electron chi connectivity index (χ4n) is 3.60. The quantitative estimate of drug-likeness (QED) is 0.853. The maximum atomic E-state index is 14.4. The van der Waals surface area contributed by atoms with E-state index in [2.05, 4.69) is 32.2 Å². The minimum atomic E-state index is -0.0969. The zero-order valence-corrected chi connectivity index (χ0v) is 12.5. The van der Waals surface area contributed by atoms with Gasteiger partial charge in [0.1, 0.15) is 5.82 Å². The van der Waals surface area contributed by atoms with Gasteiger partial charge in [0.25, 0.3) is 0 Å². The Kier molecular flexibility index (Phi) is 3.29. The third kappa shape index (κ3) is 2.03. The van der Waals surface area contributed by atoms with E-state index in [0.29, 0.717) is 0 Å². The SMILES string of the molecule is CCCNC1CC(C)(C)c2c1cc(F)c1ccccc21. The third-order valence-corrected chi connectivity index (χ3v) is 4.43. The van der Waals surface area contributed by atoms with Crippen molar-refractivity contribution in [3.8, 4) is 0 Å². The summed E-state index contributed by atoms with van der Waals surface area (Å²) in [6.45, 7) is 7.68. The van der Waals surface area contributed by atoms with Gasteiger partial charge in [-0.05, 0) is 47.4 Å². The highest BCUT2D eigenvalue weighted by Crippen LogP contribution is 2.48. The Hall–Kier alpha value is -1.41. The average Bonchev–Trinajstić information content (AvgIpc) is 2.68. The molecule has 0 saturated heterocycles. The highest BCUT2D eigenvalue weighted by Gasteiger charge is 2.38. The largest absolute Gasteiger partial charge is 0.310 e. The molecular formula is C18H22FN. The summed E-state index contributed by atoms with van der Waals surface area (Å²) < 4.78 is 14.4. The van der Waals surface area contributed by atoms with Gasteiger partial charge in [-0.15, -0.1) is 0 Å². The molecule has 0 aromatic heterocycles. The summed E-state index contributed by atoms with van der Waals surface area (Å²) in [5, 5.41) is 5.39. The molecule has 0 spiro atoms. The molecule has 1 nitrogen and oxygen atoms in total. The fourth-order valence-corrected chi connectivity index (χ4v) is 3.60. The Balaban J connectivity index is 2.21.